The molecule has 1 N–H and O–H groups in total. The second-order valence-corrected chi connectivity index (χ2v) is 3.87. The van der Waals surface area contributed by atoms with Crippen molar-refractivity contribution in [1.29, 1.82) is 0 Å². The number of carbonyl (C=O) groups excluding carboxylic acids is 1. The number of anilines is 1. The molecule has 0 amide bonds. The highest BCUT2D eigenvalue weighted by Crippen LogP contribution is 2.13. The van der Waals surface area contributed by atoms with Crippen molar-refractivity contribution in [3.05, 3.63) is 30.1 Å². The Balaban J connectivity index is 1.97. The van der Waals surface area contributed by atoms with Gasteiger partial charge < -0.3 is 0 Å². The SMILES string of the molecule is O=C1CCCC(=NNc2ccc(F)cc2)C1. The van der Waals surface area contributed by atoms with E-state index in [9.17, 15) is 9.18 Å². The lowest BCUT2D eigenvalue weighted by Crippen LogP contribution is -2.15. The summed E-state index contributed by atoms with van der Waals surface area (Å²) in [5.74, 6) is -0.0306. The van der Waals surface area contributed by atoms with E-state index >= 15 is 0 Å². The van der Waals surface area contributed by atoms with Crippen LogP contribution in [0.15, 0.2) is 29.4 Å². The van der Waals surface area contributed by atoms with Crippen LogP contribution in [-0.2, 0) is 4.79 Å². The summed E-state index contributed by atoms with van der Waals surface area (Å²) in [7, 11) is 0. The molecule has 0 bridgehead atoms. The van der Waals surface area contributed by atoms with Gasteiger partial charge in [0, 0.05) is 18.6 Å². The number of Topliss-reactive ketones (excluding diaryl/α,β-unsaturated/α-hetero) is 1. The largest absolute Gasteiger partial charge is 0.299 e. The second-order valence-electron chi connectivity index (χ2n) is 3.87. The molecule has 0 saturated heterocycles. The molecule has 1 aliphatic carbocycles. The van der Waals surface area contributed by atoms with E-state index in [2.05, 4.69) is 10.5 Å². The number of nitrogens with one attached hydrogen (secondary N) is 1. The summed E-state index contributed by atoms with van der Waals surface area (Å²) in [4.78, 5) is 11.2. The van der Waals surface area contributed by atoms with Crippen molar-refractivity contribution in [1.82, 2.24) is 0 Å². The van der Waals surface area contributed by atoms with E-state index in [4.69, 9.17) is 0 Å². The Hall–Kier alpha value is -1.71. The Morgan fingerprint density at radius 3 is 2.62 bits per heavy atom. The molecule has 0 heterocycles. The van der Waals surface area contributed by atoms with Gasteiger partial charge in [-0.3, -0.25) is 10.2 Å². The van der Waals surface area contributed by atoms with Crippen LogP contribution in [0, 0.1) is 5.82 Å². The minimum Gasteiger partial charge on any atom is -0.299 e. The fraction of sp³-hybridized carbons (Fsp3) is 0.333. The van der Waals surface area contributed by atoms with Crippen LogP contribution in [0.5, 0.6) is 0 Å². The van der Waals surface area contributed by atoms with E-state index in [-0.39, 0.29) is 11.6 Å². The summed E-state index contributed by atoms with van der Waals surface area (Å²) in [6, 6.07) is 5.97. The Bertz CT molecular complexity index is 412. The van der Waals surface area contributed by atoms with E-state index in [0.717, 1.165) is 24.2 Å². The molecular formula is C12H13FN2O. The lowest BCUT2D eigenvalue weighted by Gasteiger charge is -2.11. The van der Waals surface area contributed by atoms with Crippen LogP contribution in [0.2, 0.25) is 0 Å². The molecular weight excluding hydrogens is 207 g/mol. The lowest BCUT2D eigenvalue weighted by atomic mass is 9.97. The minimum atomic E-state index is -0.272. The van der Waals surface area contributed by atoms with E-state index in [1.54, 1.807) is 12.1 Å². The number of halogens is 1. The van der Waals surface area contributed by atoms with Gasteiger partial charge in [-0.2, -0.15) is 5.10 Å². The third kappa shape index (κ3) is 2.89. The summed E-state index contributed by atoms with van der Waals surface area (Å²) in [5, 5.41) is 4.16. The van der Waals surface area contributed by atoms with Gasteiger partial charge in [0.15, 0.2) is 0 Å². The average molecular weight is 220 g/mol. The summed E-state index contributed by atoms with van der Waals surface area (Å²) in [6.45, 7) is 0. The third-order valence-corrected chi connectivity index (χ3v) is 2.51. The molecule has 84 valence electrons. The first-order valence-electron chi connectivity index (χ1n) is 5.33. The quantitative estimate of drug-likeness (QED) is 0.778. The molecule has 0 unspecified atom stereocenters. The molecule has 1 aliphatic rings. The molecule has 4 heteroatoms. The Morgan fingerprint density at radius 2 is 1.94 bits per heavy atom. The van der Waals surface area contributed by atoms with Crippen molar-refractivity contribution < 1.29 is 9.18 Å². The molecule has 1 aromatic rings. The second kappa shape index (κ2) is 4.88. The number of rotatable bonds is 2. The van der Waals surface area contributed by atoms with E-state index in [0.29, 0.717) is 12.8 Å². The van der Waals surface area contributed by atoms with E-state index < -0.39 is 0 Å². The van der Waals surface area contributed by atoms with Gasteiger partial charge in [-0.15, -0.1) is 0 Å². The highest BCUT2D eigenvalue weighted by Gasteiger charge is 2.14. The minimum absolute atomic E-state index is 0.242. The zero-order valence-electron chi connectivity index (χ0n) is 8.87. The standard InChI is InChI=1S/C12H13FN2O/c13-9-4-6-10(7-5-9)14-15-11-2-1-3-12(16)8-11/h4-7,14H,1-3,8H2. The Labute approximate surface area is 93.4 Å². The number of ketones is 1. The van der Waals surface area contributed by atoms with Gasteiger partial charge in [-0.25, -0.2) is 4.39 Å². The molecule has 1 aromatic carbocycles. The maximum atomic E-state index is 12.6. The fourth-order valence-electron chi connectivity index (χ4n) is 1.66. The first-order chi connectivity index (χ1) is 7.74. The number of hydrogen-bond donors (Lipinski definition) is 1. The molecule has 2 rings (SSSR count). The maximum absolute atomic E-state index is 12.6. The lowest BCUT2D eigenvalue weighted by molar-refractivity contribution is -0.118. The smallest absolute Gasteiger partial charge is 0.138 e. The number of nitrogens with zero attached hydrogens (tertiary/aromatic N) is 1. The summed E-state index contributed by atoms with van der Waals surface area (Å²) in [5.41, 5.74) is 4.44. The van der Waals surface area contributed by atoms with Gasteiger partial charge in [-0.05, 0) is 37.1 Å². The molecule has 1 fully saturated rings. The van der Waals surface area contributed by atoms with Crippen LogP contribution in [0.1, 0.15) is 25.7 Å². The van der Waals surface area contributed by atoms with Crippen LogP contribution >= 0.6 is 0 Å². The van der Waals surface area contributed by atoms with Gasteiger partial charge in [0.2, 0.25) is 0 Å². The van der Waals surface area contributed by atoms with Crippen molar-refractivity contribution in [3.63, 3.8) is 0 Å². The van der Waals surface area contributed by atoms with Crippen molar-refractivity contribution in [2.45, 2.75) is 25.7 Å². The van der Waals surface area contributed by atoms with Crippen molar-refractivity contribution in [2.24, 2.45) is 5.10 Å². The van der Waals surface area contributed by atoms with Gasteiger partial charge in [0.25, 0.3) is 0 Å². The molecule has 0 aliphatic heterocycles. The molecule has 3 nitrogen and oxygen atoms in total. The zero-order chi connectivity index (χ0) is 11.4. The van der Waals surface area contributed by atoms with Crippen molar-refractivity contribution >= 4 is 17.2 Å². The van der Waals surface area contributed by atoms with Gasteiger partial charge in [0.05, 0.1) is 5.69 Å². The fourth-order valence-corrected chi connectivity index (χ4v) is 1.66. The van der Waals surface area contributed by atoms with Crippen LogP contribution in [-0.4, -0.2) is 11.5 Å². The molecule has 16 heavy (non-hydrogen) atoms. The highest BCUT2D eigenvalue weighted by atomic mass is 19.1. The van der Waals surface area contributed by atoms with Gasteiger partial charge in [-0.1, -0.05) is 0 Å². The van der Waals surface area contributed by atoms with Crippen molar-refractivity contribution in [2.75, 3.05) is 5.43 Å². The highest BCUT2D eigenvalue weighted by molar-refractivity contribution is 6.04. The molecule has 0 radical (unpaired) electrons. The van der Waals surface area contributed by atoms with Crippen LogP contribution < -0.4 is 5.43 Å². The summed E-state index contributed by atoms with van der Waals surface area (Å²) >= 11 is 0. The monoisotopic (exact) mass is 220 g/mol. The predicted molar refractivity (Wildman–Crippen MR) is 60.9 cm³/mol. The van der Waals surface area contributed by atoms with Crippen LogP contribution in [0.25, 0.3) is 0 Å². The first-order valence-corrected chi connectivity index (χ1v) is 5.33. The third-order valence-electron chi connectivity index (χ3n) is 2.51. The number of hydrogen-bond acceptors (Lipinski definition) is 3. The van der Waals surface area contributed by atoms with Crippen molar-refractivity contribution in [3.8, 4) is 0 Å². The Morgan fingerprint density at radius 1 is 1.19 bits per heavy atom. The number of carbonyl (C=O) groups is 1. The average Bonchev–Trinajstić information content (AvgIpc) is 2.28. The maximum Gasteiger partial charge on any atom is 0.138 e. The van der Waals surface area contributed by atoms with E-state index in [1.165, 1.54) is 12.1 Å². The van der Waals surface area contributed by atoms with Crippen LogP contribution in [0.4, 0.5) is 10.1 Å². The van der Waals surface area contributed by atoms with E-state index in [1.807, 2.05) is 0 Å². The topological polar surface area (TPSA) is 41.5 Å². The normalized spacial score (nSPS) is 18.8. The first kappa shape index (κ1) is 10.8. The molecule has 0 spiro atoms. The number of hydrazone groups is 1. The summed E-state index contributed by atoms with van der Waals surface area (Å²) in [6.07, 6.45) is 2.84. The molecule has 1 saturated carbocycles. The van der Waals surface area contributed by atoms with Gasteiger partial charge in [0.1, 0.15) is 11.6 Å². The zero-order valence-corrected chi connectivity index (χ0v) is 8.87. The Kier molecular flexibility index (Phi) is 3.29. The molecule has 0 atom stereocenters. The van der Waals surface area contributed by atoms with Gasteiger partial charge >= 0.3 is 0 Å². The predicted octanol–water partition coefficient (Wildman–Crippen LogP) is 2.74. The molecule has 0 aromatic heterocycles. The van der Waals surface area contributed by atoms with Crippen LogP contribution in [0.3, 0.4) is 0 Å². The number of benzene rings is 1. The summed E-state index contributed by atoms with van der Waals surface area (Å²) < 4.78 is 12.6.